The molecule has 1 heterocycles. The Morgan fingerprint density at radius 1 is 1.08 bits per heavy atom. The van der Waals surface area contributed by atoms with Crippen molar-refractivity contribution in [2.75, 3.05) is 26.1 Å². The summed E-state index contributed by atoms with van der Waals surface area (Å²) in [5.74, 6) is 1.74. The molecule has 0 aliphatic rings. The van der Waals surface area contributed by atoms with Crippen LogP contribution in [0.3, 0.4) is 0 Å². The molecule has 26 heavy (non-hydrogen) atoms. The summed E-state index contributed by atoms with van der Waals surface area (Å²) in [5.41, 5.74) is 1.23. The van der Waals surface area contributed by atoms with Crippen LogP contribution < -0.4 is 20.1 Å². The molecule has 7 nitrogen and oxygen atoms in total. The van der Waals surface area contributed by atoms with E-state index in [1.807, 2.05) is 39.0 Å². The second-order valence-corrected chi connectivity index (χ2v) is 6.86. The van der Waals surface area contributed by atoms with E-state index in [4.69, 9.17) is 9.47 Å². The topological polar surface area (TPSA) is 85.4 Å². The van der Waals surface area contributed by atoms with Crippen molar-refractivity contribution in [3.8, 4) is 11.5 Å². The predicted octanol–water partition coefficient (Wildman–Crippen LogP) is 2.68. The molecular weight excluding hydrogens is 332 g/mol. The van der Waals surface area contributed by atoms with Crippen LogP contribution in [-0.4, -0.2) is 42.2 Å². The molecular formula is C19H26N4O3. The normalized spacial score (nSPS) is 11.0. The average molecular weight is 358 g/mol. The van der Waals surface area contributed by atoms with Crippen molar-refractivity contribution < 1.29 is 14.3 Å². The molecule has 0 unspecified atom stereocenters. The maximum Gasteiger partial charge on any atom is 0.270 e. The van der Waals surface area contributed by atoms with Gasteiger partial charge in [-0.15, -0.1) is 0 Å². The quantitative estimate of drug-likeness (QED) is 0.791. The van der Waals surface area contributed by atoms with E-state index in [1.165, 1.54) is 6.33 Å². The summed E-state index contributed by atoms with van der Waals surface area (Å²) >= 11 is 0. The highest BCUT2D eigenvalue weighted by Gasteiger charge is 2.13. The van der Waals surface area contributed by atoms with E-state index in [1.54, 1.807) is 20.3 Å². The van der Waals surface area contributed by atoms with Crippen molar-refractivity contribution in [3.05, 3.63) is 41.9 Å². The number of nitrogens with zero attached hydrogens (tertiary/aromatic N) is 2. The number of hydrogen-bond acceptors (Lipinski definition) is 6. The Morgan fingerprint density at radius 2 is 1.81 bits per heavy atom. The fourth-order valence-corrected chi connectivity index (χ4v) is 2.38. The Kier molecular flexibility index (Phi) is 6.38. The molecule has 140 valence electrons. The Balaban J connectivity index is 1.94. The smallest absolute Gasteiger partial charge is 0.270 e. The highest BCUT2D eigenvalue weighted by Crippen LogP contribution is 2.27. The minimum absolute atomic E-state index is 0.143. The van der Waals surface area contributed by atoms with Gasteiger partial charge in [0.1, 0.15) is 17.8 Å². The van der Waals surface area contributed by atoms with Crippen LogP contribution in [-0.2, 0) is 6.42 Å². The second kappa shape index (κ2) is 8.51. The zero-order valence-electron chi connectivity index (χ0n) is 15.9. The first kappa shape index (κ1) is 19.5. The molecule has 2 aromatic rings. The molecule has 0 aliphatic carbocycles. The summed E-state index contributed by atoms with van der Waals surface area (Å²) in [4.78, 5) is 20.5. The van der Waals surface area contributed by atoms with Crippen molar-refractivity contribution >= 4 is 11.7 Å². The molecule has 1 aromatic heterocycles. The van der Waals surface area contributed by atoms with E-state index in [9.17, 15) is 4.79 Å². The first-order chi connectivity index (χ1) is 12.3. The number of carbonyl (C=O) groups excluding carboxylic acids is 1. The predicted molar refractivity (Wildman–Crippen MR) is 101 cm³/mol. The Labute approximate surface area is 154 Å². The van der Waals surface area contributed by atoms with Crippen LogP contribution in [0.4, 0.5) is 5.82 Å². The van der Waals surface area contributed by atoms with Gasteiger partial charge in [-0.1, -0.05) is 6.07 Å². The van der Waals surface area contributed by atoms with Crippen molar-refractivity contribution in [2.45, 2.75) is 32.7 Å². The third kappa shape index (κ3) is 5.61. The van der Waals surface area contributed by atoms with Crippen molar-refractivity contribution in [2.24, 2.45) is 0 Å². The number of nitrogens with one attached hydrogen (secondary N) is 2. The minimum Gasteiger partial charge on any atom is -0.493 e. The van der Waals surface area contributed by atoms with Crippen molar-refractivity contribution in [1.29, 1.82) is 0 Å². The summed E-state index contributed by atoms with van der Waals surface area (Å²) in [6.45, 7) is 6.56. The van der Waals surface area contributed by atoms with Gasteiger partial charge in [0.05, 0.1) is 14.2 Å². The monoisotopic (exact) mass is 358 g/mol. The molecule has 1 amide bonds. The van der Waals surface area contributed by atoms with Crippen LogP contribution >= 0.6 is 0 Å². The summed E-state index contributed by atoms with van der Waals surface area (Å²) in [7, 11) is 3.20. The molecule has 0 saturated heterocycles. The summed E-state index contributed by atoms with van der Waals surface area (Å²) in [5, 5.41) is 6.10. The van der Waals surface area contributed by atoms with Gasteiger partial charge in [-0.2, -0.15) is 0 Å². The fourth-order valence-electron chi connectivity index (χ4n) is 2.38. The van der Waals surface area contributed by atoms with Crippen molar-refractivity contribution in [1.82, 2.24) is 15.3 Å². The average Bonchev–Trinajstić information content (AvgIpc) is 2.60. The lowest BCUT2D eigenvalue weighted by atomic mass is 10.1. The number of hydrogen-bond donors (Lipinski definition) is 2. The van der Waals surface area contributed by atoms with Gasteiger partial charge in [0.25, 0.3) is 5.91 Å². The number of rotatable bonds is 7. The van der Waals surface area contributed by atoms with Gasteiger partial charge in [0.2, 0.25) is 0 Å². The zero-order chi connectivity index (χ0) is 19.2. The molecule has 2 N–H and O–H groups in total. The molecule has 7 heteroatoms. The number of aromatic nitrogens is 2. The highest BCUT2D eigenvalue weighted by molar-refractivity contribution is 5.92. The van der Waals surface area contributed by atoms with Crippen LogP contribution in [0.15, 0.2) is 30.6 Å². The minimum atomic E-state index is -0.232. The van der Waals surface area contributed by atoms with E-state index >= 15 is 0 Å². The molecule has 0 aliphatic heterocycles. The van der Waals surface area contributed by atoms with Gasteiger partial charge in [-0.25, -0.2) is 9.97 Å². The Morgan fingerprint density at radius 3 is 2.46 bits per heavy atom. The molecule has 1 aromatic carbocycles. The third-order valence-corrected chi connectivity index (χ3v) is 3.55. The Hall–Kier alpha value is -2.83. The van der Waals surface area contributed by atoms with Crippen LogP contribution in [0.2, 0.25) is 0 Å². The highest BCUT2D eigenvalue weighted by atomic mass is 16.5. The Bertz CT molecular complexity index is 757. The van der Waals surface area contributed by atoms with Gasteiger partial charge >= 0.3 is 0 Å². The van der Waals surface area contributed by atoms with Crippen LogP contribution in [0.1, 0.15) is 36.8 Å². The molecule has 2 rings (SSSR count). The summed E-state index contributed by atoms with van der Waals surface area (Å²) in [6, 6.07) is 7.35. The molecule has 0 saturated carbocycles. The fraction of sp³-hybridized carbons (Fsp3) is 0.421. The lowest BCUT2D eigenvalue weighted by molar-refractivity contribution is 0.0949. The lowest BCUT2D eigenvalue weighted by Crippen LogP contribution is -2.29. The third-order valence-electron chi connectivity index (χ3n) is 3.55. The molecule has 0 atom stereocenters. The van der Waals surface area contributed by atoms with E-state index in [2.05, 4.69) is 20.6 Å². The van der Waals surface area contributed by atoms with Crippen molar-refractivity contribution in [3.63, 3.8) is 0 Å². The molecule has 0 fully saturated rings. The number of benzene rings is 1. The van der Waals surface area contributed by atoms with Crippen LogP contribution in [0.25, 0.3) is 0 Å². The van der Waals surface area contributed by atoms with E-state index in [0.29, 0.717) is 36.0 Å². The summed E-state index contributed by atoms with van der Waals surface area (Å²) in [6.07, 6.45) is 2.06. The first-order valence-electron chi connectivity index (χ1n) is 8.41. The maximum atomic E-state index is 12.3. The van der Waals surface area contributed by atoms with E-state index in [-0.39, 0.29) is 11.4 Å². The van der Waals surface area contributed by atoms with Crippen LogP contribution in [0, 0.1) is 0 Å². The van der Waals surface area contributed by atoms with Gasteiger partial charge in [0.15, 0.2) is 11.5 Å². The zero-order valence-corrected chi connectivity index (χ0v) is 15.9. The SMILES string of the molecule is COc1ccc(CCNC(=O)c2cc(NC(C)(C)C)ncn2)cc1OC. The largest absolute Gasteiger partial charge is 0.493 e. The molecule has 0 bridgehead atoms. The van der Waals surface area contributed by atoms with Gasteiger partial charge in [-0.3, -0.25) is 4.79 Å². The number of anilines is 1. The van der Waals surface area contributed by atoms with Gasteiger partial charge in [0, 0.05) is 18.2 Å². The van der Waals surface area contributed by atoms with Crippen LogP contribution in [0.5, 0.6) is 11.5 Å². The standard InChI is InChI=1S/C19H26N4O3/c1-19(2,3)23-17-11-14(21-12-22-17)18(24)20-9-8-13-6-7-15(25-4)16(10-13)26-5/h6-7,10-12H,8-9H2,1-5H3,(H,20,24)(H,21,22,23). The summed E-state index contributed by atoms with van der Waals surface area (Å²) < 4.78 is 10.5. The second-order valence-electron chi connectivity index (χ2n) is 6.86. The number of carbonyl (C=O) groups is 1. The number of ether oxygens (including phenoxy) is 2. The van der Waals surface area contributed by atoms with E-state index in [0.717, 1.165) is 5.56 Å². The first-order valence-corrected chi connectivity index (χ1v) is 8.41. The maximum absolute atomic E-state index is 12.3. The molecule has 0 radical (unpaired) electrons. The van der Waals surface area contributed by atoms with Gasteiger partial charge in [-0.05, 0) is 44.9 Å². The van der Waals surface area contributed by atoms with E-state index < -0.39 is 0 Å². The molecule has 0 spiro atoms. The van der Waals surface area contributed by atoms with Gasteiger partial charge < -0.3 is 20.1 Å². The number of methoxy groups -OCH3 is 2. The number of amides is 1. The lowest BCUT2D eigenvalue weighted by Gasteiger charge is -2.21.